The zero-order valence-corrected chi connectivity index (χ0v) is 30.0. The van der Waals surface area contributed by atoms with E-state index in [1.54, 1.807) is 12.1 Å². The quantitative estimate of drug-likeness (QED) is 0.242. The van der Waals surface area contributed by atoms with Crippen LogP contribution in [-0.2, 0) is 30.7 Å². The molecule has 0 saturated carbocycles. The molecule has 4 aromatic rings. The molecule has 45 heavy (non-hydrogen) atoms. The first-order valence-electron chi connectivity index (χ1n) is 14.3. The van der Waals surface area contributed by atoms with Gasteiger partial charge in [-0.2, -0.15) is 35.4 Å². The molecular formula is C40H36Cl2F2Zr-2. The molecule has 2 aliphatic carbocycles. The number of rotatable bonds is 4. The van der Waals surface area contributed by atoms with Gasteiger partial charge >= 0.3 is 108 Å². The molecule has 0 amide bonds. The van der Waals surface area contributed by atoms with Gasteiger partial charge in [0, 0.05) is 0 Å². The van der Waals surface area contributed by atoms with Gasteiger partial charge in [-0.05, 0) is 12.0 Å². The van der Waals surface area contributed by atoms with Gasteiger partial charge in [0.1, 0.15) is 0 Å². The van der Waals surface area contributed by atoms with Crippen LogP contribution in [0.1, 0.15) is 61.1 Å². The molecule has 1 atom stereocenters. The van der Waals surface area contributed by atoms with Crippen molar-refractivity contribution in [3.8, 4) is 11.1 Å². The van der Waals surface area contributed by atoms with E-state index in [0.717, 1.165) is 50.6 Å². The van der Waals surface area contributed by atoms with Crippen LogP contribution in [0.25, 0.3) is 23.3 Å². The second-order valence-corrected chi connectivity index (χ2v) is 12.9. The number of hydrogen-bond acceptors (Lipinski definition) is 0. The monoisotopic (exact) mass is 714 g/mol. The maximum Gasteiger partial charge on any atom is -1.00 e. The third-order valence-electron chi connectivity index (χ3n) is 7.34. The number of benzene rings is 4. The predicted octanol–water partition coefficient (Wildman–Crippen LogP) is 4.40. The van der Waals surface area contributed by atoms with E-state index in [1.807, 2.05) is 30.4 Å². The first-order valence-corrected chi connectivity index (χ1v) is 15.6. The van der Waals surface area contributed by atoms with Gasteiger partial charge in [0.25, 0.3) is 0 Å². The molecule has 0 bridgehead atoms. The maximum atomic E-state index is 13.0. The number of halogens is 4. The minimum absolute atomic E-state index is 0. The van der Waals surface area contributed by atoms with Gasteiger partial charge in [-0.1, -0.05) is 81.0 Å². The summed E-state index contributed by atoms with van der Waals surface area (Å²) in [7, 11) is 0. The molecule has 0 nitrogen and oxygen atoms in total. The topological polar surface area (TPSA) is 0 Å². The molecule has 1 unspecified atom stereocenters. The maximum absolute atomic E-state index is 13.0. The fraction of sp³-hybridized carbons (Fsp3) is 0.175. The van der Waals surface area contributed by atoms with Crippen LogP contribution in [0, 0.1) is 35.1 Å². The van der Waals surface area contributed by atoms with E-state index in [-0.39, 0.29) is 36.4 Å². The molecule has 0 aromatic heterocycles. The van der Waals surface area contributed by atoms with Crippen molar-refractivity contribution in [2.24, 2.45) is 11.3 Å². The Morgan fingerprint density at radius 1 is 0.844 bits per heavy atom. The minimum atomic E-state index is -0.270. The van der Waals surface area contributed by atoms with Crippen LogP contribution in [0.4, 0.5) is 8.78 Å². The fourth-order valence-electron chi connectivity index (χ4n) is 4.87. The molecule has 0 N–H and O–H groups in total. The summed E-state index contributed by atoms with van der Waals surface area (Å²) in [6, 6.07) is 26.8. The summed E-state index contributed by atoms with van der Waals surface area (Å²) in [6.45, 7) is 16.5. The first-order chi connectivity index (χ1) is 20.5. The summed E-state index contributed by atoms with van der Waals surface area (Å²) in [5, 5.41) is 0. The van der Waals surface area contributed by atoms with Gasteiger partial charge in [0.15, 0.2) is 0 Å². The normalized spacial score (nSPS) is 13.7. The van der Waals surface area contributed by atoms with Crippen LogP contribution in [0.2, 0.25) is 0 Å². The smallest absolute Gasteiger partial charge is 1.00 e. The Balaban J connectivity index is 0.000000238. The Morgan fingerprint density at radius 3 is 1.89 bits per heavy atom. The molecule has 0 spiro atoms. The predicted molar refractivity (Wildman–Crippen MR) is 174 cm³/mol. The standard InChI is InChI=1S/C17H13.C13H8F2.C10H15.2ClH.Zr/c1-3-12-5-7-14-11-15-8-6-13(4-2)10-17(15)16(14)9-12;14-12-5-1-3-10(8-12)7-11-4-2-6-13(15)9-11;1-8-5-6-9(7-8)10(2,3)4;;;/h3-7,9-10H,1-2,11H2;1-6,8-9H;6-8H,1-4H3;2*1H;/q-1;;-1;;;+2/p-2. The van der Waals surface area contributed by atoms with Crippen LogP contribution in [0.15, 0.2) is 110 Å². The van der Waals surface area contributed by atoms with Crippen molar-refractivity contribution in [2.45, 2.75) is 34.1 Å². The zero-order valence-electron chi connectivity index (χ0n) is 26.0. The van der Waals surface area contributed by atoms with Gasteiger partial charge in [-0.3, -0.25) is 6.08 Å². The van der Waals surface area contributed by atoms with Crippen molar-refractivity contribution in [1.29, 1.82) is 0 Å². The van der Waals surface area contributed by atoms with Crippen molar-refractivity contribution in [3.05, 3.63) is 167 Å². The third-order valence-corrected chi connectivity index (χ3v) is 8.75. The SMILES string of the molecule is C=Cc1c[c-]c2c(c1)-c1cc(C=C)ccc1C2.CC1[C-]=CC(C(C)(C)C)=C1.Fc1cccc([C](=[Zr+2])c2cccc(F)c2)c1.[Cl-].[Cl-]. The molecular weight excluding hydrogens is 681 g/mol. The van der Waals surface area contributed by atoms with Crippen LogP contribution >= 0.6 is 0 Å². The van der Waals surface area contributed by atoms with Gasteiger partial charge in [-0.25, -0.2) is 6.08 Å². The van der Waals surface area contributed by atoms with E-state index in [2.05, 4.69) is 89.4 Å². The first kappa shape index (κ1) is 38.2. The molecule has 0 fully saturated rings. The average Bonchev–Trinajstić information content (AvgIpc) is 3.60. The third kappa shape index (κ3) is 10.3. The van der Waals surface area contributed by atoms with Crippen LogP contribution in [0.3, 0.4) is 0 Å². The fourth-order valence-corrected chi connectivity index (χ4v) is 5.64. The molecule has 2 aliphatic rings. The number of fused-ring (bicyclic) bond motifs is 3. The Kier molecular flexibility index (Phi) is 14.5. The summed E-state index contributed by atoms with van der Waals surface area (Å²) in [6.07, 6.45) is 12.4. The Morgan fingerprint density at radius 2 is 1.42 bits per heavy atom. The second-order valence-electron chi connectivity index (χ2n) is 11.7. The summed E-state index contributed by atoms with van der Waals surface area (Å²) >= 11 is 1.13. The van der Waals surface area contributed by atoms with Crippen molar-refractivity contribution in [3.63, 3.8) is 0 Å². The molecule has 6 rings (SSSR count). The van der Waals surface area contributed by atoms with Crippen molar-refractivity contribution in [2.75, 3.05) is 0 Å². The van der Waals surface area contributed by atoms with Gasteiger partial charge < -0.3 is 24.8 Å². The summed E-state index contributed by atoms with van der Waals surface area (Å²) in [5.74, 6) is -0.0168. The van der Waals surface area contributed by atoms with Gasteiger partial charge in [0.2, 0.25) is 0 Å². The minimum Gasteiger partial charge on any atom is -1.00 e. The molecule has 0 aliphatic heterocycles. The van der Waals surface area contributed by atoms with Crippen molar-refractivity contribution in [1.82, 2.24) is 0 Å². The Bertz CT molecular complexity index is 1620. The Hall–Kier alpha value is -2.97. The molecule has 5 heteroatoms. The van der Waals surface area contributed by atoms with Gasteiger partial charge in [-0.15, -0.1) is 23.8 Å². The van der Waals surface area contributed by atoms with Crippen LogP contribution < -0.4 is 24.8 Å². The molecule has 4 aromatic carbocycles. The largest absolute Gasteiger partial charge is 1.00 e. The molecule has 0 radical (unpaired) electrons. The number of allylic oxidation sites excluding steroid dienone is 4. The van der Waals surface area contributed by atoms with E-state index in [1.165, 1.54) is 57.7 Å². The van der Waals surface area contributed by atoms with E-state index in [4.69, 9.17) is 0 Å². The average molecular weight is 717 g/mol. The van der Waals surface area contributed by atoms with Crippen LogP contribution in [-0.4, -0.2) is 3.21 Å². The molecule has 0 saturated heterocycles. The second kappa shape index (κ2) is 17.1. The van der Waals surface area contributed by atoms with E-state index < -0.39 is 0 Å². The van der Waals surface area contributed by atoms with Crippen molar-refractivity contribution >= 4 is 15.4 Å². The van der Waals surface area contributed by atoms with Crippen molar-refractivity contribution < 1.29 is 57.8 Å². The number of hydrogen-bond donors (Lipinski definition) is 0. The van der Waals surface area contributed by atoms with Crippen LogP contribution in [0.5, 0.6) is 0 Å². The Labute approximate surface area is 294 Å². The zero-order chi connectivity index (χ0) is 31.1. The summed E-state index contributed by atoms with van der Waals surface area (Å²) in [4.78, 5) is 0. The molecule has 0 heterocycles. The molecule has 230 valence electrons. The summed E-state index contributed by atoms with van der Waals surface area (Å²) in [5.41, 5.74) is 10.9. The van der Waals surface area contributed by atoms with E-state index >= 15 is 0 Å². The van der Waals surface area contributed by atoms with E-state index in [9.17, 15) is 8.78 Å². The van der Waals surface area contributed by atoms with Gasteiger partial charge in [0.05, 0.1) is 0 Å². The van der Waals surface area contributed by atoms with E-state index in [0.29, 0.717) is 11.3 Å². The summed E-state index contributed by atoms with van der Waals surface area (Å²) < 4.78 is 27.0.